The summed E-state index contributed by atoms with van der Waals surface area (Å²) in [6, 6.07) is 11.3. The first-order valence-electron chi connectivity index (χ1n) is 6.58. The molecule has 116 valence electrons. The maximum atomic E-state index is 12.2. The number of thiazole rings is 1. The summed E-state index contributed by atoms with van der Waals surface area (Å²) in [4.78, 5) is 27.8. The molecule has 6 nitrogen and oxygen atoms in total. The molecule has 23 heavy (non-hydrogen) atoms. The average molecular weight is 345 g/mol. The van der Waals surface area contributed by atoms with E-state index in [4.69, 9.17) is 0 Å². The number of thioether (sulfide) groups is 1. The van der Waals surface area contributed by atoms with Crippen LogP contribution in [-0.2, 0) is 0 Å². The molecule has 3 rings (SSSR count). The van der Waals surface area contributed by atoms with Gasteiger partial charge in [-0.25, -0.2) is 4.98 Å². The molecule has 0 fully saturated rings. The second kappa shape index (κ2) is 6.35. The number of nitro benzene ring substituents is 1. The summed E-state index contributed by atoms with van der Waals surface area (Å²) in [7, 11) is 0. The first-order chi connectivity index (χ1) is 11.1. The molecule has 8 heteroatoms. The van der Waals surface area contributed by atoms with E-state index in [0.29, 0.717) is 10.7 Å². The minimum atomic E-state index is -0.501. The number of nitrogens with zero attached hydrogens (tertiary/aromatic N) is 2. The lowest BCUT2D eigenvalue weighted by Gasteiger charge is -2.01. The molecule has 0 aliphatic rings. The van der Waals surface area contributed by atoms with Crippen LogP contribution in [-0.4, -0.2) is 22.1 Å². The zero-order chi connectivity index (χ0) is 16.4. The van der Waals surface area contributed by atoms with E-state index in [1.807, 2.05) is 24.5 Å². The van der Waals surface area contributed by atoms with Gasteiger partial charge in [-0.3, -0.25) is 20.2 Å². The summed E-state index contributed by atoms with van der Waals surface area (Å²) in [6.45, 7) is 0. The van der Waals surface area contributed by atoms with Gasteiger partial charge < -0.3 is 0 Å². The van der Waals surface area contributed by atoms with E-state index in [9.17, 15) is 14.9 Å². The van der Waals surface area contributed by atoms with Crippen LogP contribution in [0.2, 0.25) is 0 Å². The van der Waals surface area contributed by atoms with Crippen molar-refractivity contribution in [3.05, 3.63) is 58.1 Å². The largest absolute Gasteiger partial charge is 0.298 e. The molecule has 1 N–H and O–H groups in total. The Morgan fingerprint density at radius 1 is 1.26 bits per heavy atom. The van der Waals surface area contributed by atoms with Crippen molar-refractivity contribution in [1.82, 2.24) is 4.98 Å². The molecule has 0 bridgehead atoms. The molecule has 2 aromatic carbocycles. The lowest BCUT2D eigenvalue weighted by Crippen LogP contribution is -2.11. The number of nitrogens with one attached hydrogen (secondary N) is 1. The van der Waals surface area contributed by atoms with E-state index in [0.717, 1.165) is 15.1 Å². The maximum absolute atomic E-state index is 12.2. The highest BCUT2D eigenvalue weighted by Gasteiger charge is 2.13. The number of non-ortho nitro benzene ring substituents is 1. The van der Waals surface area contributed by atoms with Crippen LogP contribution in [0.5, 0.6) is 0 Å². The molecule has 0 atom stereocenters. The molecule has 0 radical (unpaired) electrons. The Morgan fingerprint density at radius 2 is 2.00 bits per heavy atom. The zero-order valence-electron chi connectivity index (χ0n) is 12.0. The maximum Gasteiger partial charge on any atom is 0.269 e. The van der Waals surface area contributed by atoms with Crippen LogP contribution in [0.4, 0.5) is 10.8 Å². The fourth-order valence-electron chi connectivity index (χ4n) is 2.05. The first kappa shape index (κ1) is 15.4. The number of hydrogen-bond acceptors (Lipinski definition) is 6. The highest BCUT2D eigenvalue weighted by atomic mass is 32.2. The highest BCUT2D eigenvalue weighted by Crippen LogP contribution is 2.32. The third kappa shape index (κ3) is 3.17. The summed E-state index contributed by atoms with van der Waals surface area (Å²) in [5.41, 5.74) is 1.16. The molecule has 0 spiro atoms. The molecule has 0 aliphatic carbocycles. The Balaban J connectivity index is 1.83. The van der Waals surface area contributed by atoms with Crippen LogP contribution in [0.1, 0.15) is 10.4 Å². The van der Waals surface area contributed by atoms with Gasteiger partial charge in [-0.1, -0.05) is 17.4 Å². The molecule has 1 aromatic heterocycles. The van der Waals surface area contributed by atoms with Crippen LogP contribution >= 0.6 is 23.1 Å². The molecule has 3 aromatic rings. The molecular weight excluding hydrogens is 334 g/mol. The summed E-state index contributed by atoms with van der Waals surface area (Å²) in [5, 5.41) is 13.9. The van der Waals surface area contributed by atoms with Gasteiger partial charge in [-0.2, -0.15) is 0 Å². The number of hydrogen-bond donors (Lipinski definition) is 1. The summed E-state index contributed by atoms with van der Waals surface area (Å²) >= 11 is 2.99. The van der Waals surface area contributed by atoms with Gasteiger partial charge >= 0.3 is 0 Å². The number of para-hydroxylation sites is 1. The van der Waals surface area contributed by atoms with Crippen molar-refractivity contribution in [3.63, 3.8) is 0 Å². The zero-order valence-corrected chi connectivity index (χ0v) is 13.6. The molecule has 1 amide bonds. The molecule has 0 aliphatic heterocycles. The van der Waals surface area contributed by atoms with E-state index >= 15 is 0 Å². The number of nitro groups is 1. The van der Waals surface area contributed by atoms with Gasteiger partial charge in [0.25, 0.3) is 11.6 Å². The standard InChI is InChI=1S/C15H11N3O3S2/c1-22-11-3-2-4-12-13(11)16-15(23-12)17-14(19)9-5-7-10(8-6-9)18(20)21/h2-8H,1H3,(H,16,17,19). The molecule has 0 unspecified atom stereocenters. The Morgan fingerprint density at radius 3 is 2.65 bits per heavy atom. The SMILES string of the molecule is CSc1cccc2sc(NC(=O)c3ccc([N+](=O)[O-])cc3)nc12. The quantitative estimate of drug-likeness (QED) is 0.435. The number of amides is 1. The Hall–Kier alpha value is -2.45. The van der Waals surface area contributed by atoms with Crippen molar-refractivity contribution in [2.24, 2.45) is 0 Å². The van der Waals surface area contributed by atoms with Crippen LogP contribution in [0, 0.1) is 10.1 Å². The third-order valence-corrected chi connectivity index (χ3v) is 4.87. The summed E-state index contributed by atoms with van der Waals surface area (Å²) in [5.74, 6) is -0.343. The van der Waals surface area contributed by atoms with Crippen molar-refractivity contribution in [1.29, 1.82) is 0 Å². The predicted octanol–water partition coefficient (Wildman–Crippen LogP) is 4.18. The fourth-order valence-corrected chi connectivity index (χ4v) is 3.56. The number of fused-ring (bicyclic) bond motifs is 1. The number of carbonyl (C=O) groups is 1. The number of carbonyl (C=O) groups excluding carboxylic acids is 1. The van der Waals surface area contributed by atoms with Crippen molar-refractivity contribution in [2.75, 3.05) is 11.6 Å². The minimum Gasteiger partial charge on any atom is -0.298 e. The van der Waals surface area contributed by atoms with Crippen LogP contribution < -0.4 is 5.32 Å². The van der Waals surface area contributed by atoms with Gasteiger partial charge in [0.15, 0.2) is 5.13 Å². The number of anilines is 1. The van der Waals surface area contributed by atoms with Crippen LogP contribution in [0.3, 0.4) is 0 Å². The van der Waals surface area contributed by atoms with Gasteiger partial charge in [0, 0.05) is 22.6 Å². The van der Waals surface area contributed by atoms with Gasteiger partial charge in [0.1, 0.15) is 0 Å². The smallest absolute Gasteiger partial charge is 0.269 e. The normalized spacial score (nSPS) is 10.7. The van der Waals surface area contributed by atoms with Gasteiger partial charge in [-0.05, 0) is 30.5 Å². The van der Waals surface area contributed by atoms with Crippen molar-refractivity contribution >= 4 is 50.0 Å². The lowest BCUT2D eigenvalue weighted by molar-refractivity contribution is -0.384. The van der Waals surface area contributed by atoms with Gasteiger partial charge in [0.05, 0.1) is 15.1 Å². The topological polar surface area (TPSA) is 85.1 Å². The lowest BCUT2D eigenvalue weighted by atomic mass is 10.2. The van der Waals surface area contributed by atoms with E-state index in [1.54, 1.807) is 11.8 Å². The van der Waals surface area contributed by atoms with E-state index in [-0.39, 0.29) is 11.6 Å². The second-order valence-electron chi connectivity index (χ2n) is 4.58. The predicted molar refractivity (Wildman–Crippen MR) is 92.5 cm³/mol. The van der Waals surface area contributed by atoms with E-state index in [1.165, 1.54) is 35.6 Å². The first-order valence-corrected chi connectivity index (χ1v) is 8.62. The van der Waals surface area contributed by atoms with E-state index in [2.05, 4.69) is 10.3 Å². The Labute approximate surface area is 139 Å². The molecular formula is C15H11N3O3S2. The molecule has 1 heterocycles. The minimum absolute atomic E-state index is 0.0499. The Kier molecular flexibility index (Phi) is 4.26. The van der Waals surface area contributed by atoms with Crippen molar-refractivity contribution in [3.8, 4) is 0 Å². The van der Waals surface area contributed by atoms with Gasteiger partial charge in [-0.15, -0.1) is 11.8 Å². The summed E-state index contributed by atoms with van der Waals surface area (Å²) < 4.78 is 0.996. The number of aromatic nitrogens is 1. The van der Waals surface area contributed by atoms with Crippen LogP contribution in [0.15, 0.2) is 47.4 Å². The van der Waals surface area contributed by atoms with Crippen LogP contribution in [0.25, 0.3) is 10.2 Å². The fraction of sp³-hybridized carbons (Fsp3) is 0.0667. The molecule has 0 saturated carbocycles. The Bertz CT molecular complexity index is 891. The van der Waals surface area contributed by atoms with Crippen molar-refractivity contribution in [2.45, 2.75) is 4.90 Å². The number of benzene rings is 2. The van der Waals surface area contributed by atoms with Gasteiger partial charge in [0.2, 0.25) is 0 Å². The number of rotatable bonds is 4. The summed E-state index contributed by atoms with van der Waals surface area (Å²) in [6.07, 6.45) is 1.98. The second-order valence-corrected chi connectivity index (χ2v) is 6.46. The monoisotopic (exact) mass is 345 g/mol. The average Bonchev–Trinajstić information content (AvgIpc) is 2.97. The molecule has 0 saturated heterocycles. The van der Waals surface area contributed by atoms with Crippen molar-refractivity contribution < 1.29 is 9.72 Å². The highest BCUT2D eigenvalue weighted by molar-refractivity contribution is 7.98. The third-order valence-electron chi connectivity index (χ3n) is 3.16. The van der Waals surface area contributed by atoms with E-state index < -0.39 is 4.92 Å².